The molecule has 0 aliphatic heterocycles. The average molecular weight is 550 g/mol. The smallest absolute Gasteiger partial charge is 0.339 e. The summed E-state index contributed by atoms with van der Waals surface area (Å²) in [5.74, 6) is -2.09. The van der Waals surface area contributed by atoms with Gasteiger partial charge in [-0.25, -0.2) is 4.79 Å². The minimum Gasteiger partial charge on any atom is -0.507 e. The molecule has 0 saturated heterocycles. The summed E-state index contributed by atoms with van der Waals surface area (Å²) >= 11 is 0. The van der Waals surface area contributed by atoms with Crippen LogP contribution in [0.15, 0.2) is 60.7 Å². The van der Waals surface area contributed by atoms with E-state index < -0.39 is 18.0 Å². The van der Waals surface area contributed by atoms with Crippen LogP contribution in [0.2, 0.25) is 0 Å². The van der Waals surface area contributed by atoms with Crippen molar-refractivity contribution in [2.45, 2.75) is 46.1 Å². The molecule has 0 bridgehead atoms. The first-order chi connectivity index (χ1) is 19.2. The minimum absolute atomic E-state index is 0.130. The van der Waals surface area contributed by atoms with E-state index in [2.05, 4.69) is 10.6 Å². The maximum atomic E-state index is 12.1. The van der Waals surface area contributed by atoms with E-state index in [-0.39, 0.29) is 23.6 Å². The van der Waals surface area contributed by atoms with Crippen molar-refractivity contribution < 1.29 is 29.7 Å². The maximum Gasteiger partial charge on any atom is 0.339 e. The molecule has 214 valence electrons. The van der Waals surface area contributed by atoms with E-state index in [1.165, 1.54) is 12.1 Å². The van der Waals surface area contributed by atoms with Crippen LogP contribution in [-0.2, 0) is 11.2 Å². The summed E-state index contributed by atoms with van der Waals surface area (Å²) in [6.45, 7) is 7.26. The summed E-state index contributed by atoms with van der Waals surface area (Å²) in [5.41, 5.74) is 9.97. The number of carbonyl (C=O) groups is 3. The number of aromatic carboxylic acids is 1. The Labute approximate surface area is 235 Å². The molecular weight excluding hydrogens is 510 g/mol. The molecule has 3 aromatic rings. The summed E-state index contributed by atoms with van der Waals surface area (Å²) in [7, 11) is 0. The molecule has 7 N–H and O–H groups in total. The van der Waals surface area contributed by atoms with Gasteiger partial charge in [0.05, 0.1) is 6.10 Å². The van der Waals surface area contributed by atoms with Crippen LogP contribution in [0.25, 0.3) is 11.1 Å². The SMILES string of the molecule is CC.Cc1cc(C(N)=O)ccc1-c1cccc(C(O)CCNCCC(=O)NCCc2ccc(C(=O)O)c(O)c2)c1. The van der Waals surface area contributed by atoms with Crippen LogP contribution in [0.3, 0.4) is 0 Å². The molecule has 9 heteroatoms. The van der Waals surface area contributed by atoms with Gasteiger partial charge >= 0.3 is 5.97 Å². The van der Waals surface area contributed by atoms with Crippen molar-refractivity contribution in [2.24, 2.45) is 5.73 Å². The summed E-state index contributed by atoms with van der Waals surface area (Å²) in [6.07, 6.45) is 0.535. The lowest BCUT2D eigenvalue weighted by atomic mass is 9.95. The van der Waals surface area contributed by atoms with Gasteiger partial charge in [0.15, 0.2) is 0 Å². The Morgan fingerprint density at radius 2 is 1.70 bits per heavy atom. The van der Waals surface area contributed by atoms with Gasteiger partial charge in [0, 0.05) is 25.1 Å². The summed E-state index contributed by atoms with van der Waals surface area (Å²) in [4.78, 5) is 34.4. The number of hydrogen-bond donors (Lipinski definition) is 6. The molecule has 9 nitrogen and oxygen atoms in total. The number of aromatic hydroxyl groups is 1. The molecule has 2 amide bonds. The van der Waals surface area contributed by atoms with Gasteiger partial charge in [0.2, 0.25) is 11.8 Å². The maximum absolute atomic E-state index is 12.1. The van der Waals surface area contributed by atoms with Crippen molar-refractivity contribution in [1.82, 2.24) is 10.6 Å². The number of benzene rings is 3. The van der Waals surface area contributed by atoms with Crippen LogP contribution >= 0.6 is 0 Å². The molecule has 0 heterocycles. The lowest BCUT2D eigenvalue weighted by molar-refractivity contribution is -0.120. The number of aryl methyl sites for hydroxylation is 1. The van der Waals surface area contributed by atoms with Crippen LogP contribution in [-0.4, -0.2) is 52.7 Å². The summed E-state index contributed by atoms with van der Waals surface area (Å²) in [6, 6.07) is 17.3. The average Bonchev–Trinajstić information content (AvgIpc) is 2.93. The van der Waals surface area contributed by atoms with Gasteiger partial charge in [-0.05, 0) is 84.5 Å². The normalized spacial score (nSPS) is 11.2. The standard InChI is InChI=1S/C29H33N3O6.C2H6/c1-18-15-22(28(30)36)6-8-23(18)20-3-2-4-21(17-20)25(33)10-12-31-13-11-27(35)32-14-9-19-5-7-24(29(37)38)26(34)16-19;1-2/h2-8,15-17,25,31,33-34H,9-14H2,1H3,(H2,30,36)(H,32,35)(H,37,38);1-2H3. The number of amides is 2. The molecule has 0 aromatic heterocycles. The van der Waals surface area contributed by atoms with E-state index in [4.69, 9.17) is 10.8 Å². The van der Waals surface area contributed by atoms with Crippen molar-refractivity contribution >= 4 is 17.8 Å². The molecule has 0 aliphatic carbocycles. The molecule has 0 radical (unpaired) electrons. The lowest BCUT2D eigenvalue weighted by Crippen LogP contribution is -2.29. The number of nitrogens with two attached hydrogens (primary N) is 1. The third-order valence-corrected chi connectivity index (χ3v) is 6.25. The first-order valence-electron chi connectivity index (χ1n) is 13.4. The van der Waals surface area contributed by atoms with E-state index in [1.54, 1.807) is 18.2 Å². The molecule has 1 unspecified atom stereocenters. The first-order valence-corrected chi connectivity index (χ1v) is 13.4. The van der Waals surface area contributed by atoms with Crippen molar-refractivity contribution in [1.29, 1.82) is 0 Å². The predicted octanol–water partition coefficient (Wildman–Crippen LogP) is 3.95. The van der Waals surface area contributed by atoms with E-state index >= 15 is 0 Å². The van der Waals surface area contributed by atoms with Crippen LogP contribution in [0.1, 0.15) is 70.2 Å². The lowest BCUT2D eigenvalue weighted by Gasteiger charge is -2.14. The Balaban J connectivity index is 0.00000274. The number of primary amides is 1. The second-order valence-corrected chi connectivity index (χ2v) is 9.08. The second kappa shape index (κ2) is 16.0. The quantitative estimate of drug-likeness (QED) is 0.176. The molecule has 3 aromatic carbocycles. The van der Waals surface area contributed by atoms with Gasteiger partial charge < -0.3 is 31.7 Å². The molecule has 1 atom stereocenters. The Bertz CT molecular complexity index is 1310. The highest BCUT2D eigenvalue weighted by Gasteiger charge is 2.12. The Kier molecular flexibility index (Phi) is 12.8. The fourth-order valence-corrected chi connectivity index (χ4v) is 4.13. The monoisotopic (exact) mass is 549 g/mol. The number of aliphatic hydroxyl groups is 1. The van der Waals surface area contributed by atoms with Crippen LogP contribution < -0.4 is 16.4 Å². The van der Waals surface area contributed by atoms with E-state index in [0.29, 0.717) is 38.0 Å². The molecule has 3 rings (SSSR count). The van der Waals surface area contributed by atoms with Crippen LogP contribution in [0.5, 0.6) is 5.75 Å². The Hall–Kier alpha value is -4.21. The Morgan fingerprint density at radius 3 is 2.35 bits per heavy atom. The zero-order valence-corrected chi connectivity index (χ0v) is 23.2. The number of phenols is 1. The minimum atomic E-state index is -1.19. The summed E-state index contributed by atoms with van der Waals surface area (Å²) < 4.78 is 0. The highest BCUT2D eigenvalue weighted by Crippen LogP contribution is 2.27. The Morgan fingerprint density at radius 1 is 0.950 bits per heavy atom. The van der Waals surface area contributed by atoms with Crippen LogP contribution in [0.4, 0.5) is 0 Å². The number of nitrogens with one attached hydrogen (secondary N) is 2. The summed E-state index contributed by atoms with van der Waals surface area (Å²) in [5, 5.41) is 35.3. The van der Waals surface area contributed by atoms with E-state index in [9.17, 15) is 24.6 Å². The fraction of sp³-hybridized carbons (Fsp3) is 0.323. The van der Waals surface area contributed by atoms with Gasteiger partial charge in [-0.1, -0.05) is 44.2 Å². The number of carboxylic acid groups (broad SMARTS) is 1. The van der Waals surface area contributed by atoms with Crippen LogP contribution in [0, 0.1) is 6.92 Å². The second-order valence-electron chi connectivity index (χ2n) is 9.08. The molecule has 0 spiro atoms. The van der Waals surface area contributed by atoms with Crippen molar-refractivity contribution in [3.63, 3.8) is 0 Å². The third kappa shape index (κ3) is 9.52. The van der Waals surface area contributed by atoms with Crippen molar-refractivity contribution in [3.8, 4) is 16.9 Å². The molecule has 0 saturated carbocycles. The highest BCUT2D eigenvalue weighted by molar-refractivity contribution is 5.93. The van der Waals surface area contributed by atoms with E-state index in [0.717, 1.165) is 27.8 Å². The van der Waals surface area contributed by atoms with Gasteiger partial charge in [-0.3, -0.25) is 9.59 Å². The molecular formula is C31H39N3O6. The van der Waals surface area contributed by atoms with Crippen molar-refractivity contribution in [2.75, 3.05) is 19.6 Å². The topological polar surface area (TPSA) is 162 Å². The molecule has 40 heavy (non-hydrogen) atoms. The predicted molar refractivity (Wildman–Crippen MR) is 155 cm³/mol. The fourth-order valence-electron chi connectivity index (χ4n) is 4.13. The third-order valence-electron chi connectivity index (χ3n) is 6.25. The van der Waals surface area contributed by atoms with Gasteiger partial charge in [-0.15, -0.1) is 0 Å². The highest BCUT2D eigenvalue weighted by atomic mass is 16.4. The number of carbonyl (C=O) groups excluding carboxylic acids is 2. The van der Waals surface area contributed by atoms with Gasteiger partial charge in [0.1, 0.15) is 11.3 Å². The number of carboxylic acids is 1. The molecule has 0 aliphatic rings. The van der Waals surface area contributed by atoms with Gasteiger partial charge in [-0.2, -0.15) is 0 Å². The first kappa shape index (κ1) is 32.0. The van der Waals surface area contributed by atoms with E-state index in [1.807, 2.05) is 51.1 Å². The molecule has 0 fully saturated rings. The van der Waals surface area contributed by atoms with Crippen molar-refractivity contribution in [3.05, 3.63) is 88.5 Å². The number of aliphatic hydroxyl groups excluding tert-OH is 1. The zero-order chi connectivity index (χ0) is 29.7. The number of hydrogen-bond acceptors (Lipinski definition) is 6. The zero-order valence-electron chi connectivity index (χ0n) is 23.2. The largest absolute Gasteiger partial charge is 0.507 e. The van der Waals surface area contributed by atoms with Gasteiger partial charge in [0.25, 0.3) is 0 Å². The number of rotatable bonds is 13.